The molecule has 0 spiro atoms. The normalized spacial score (nSPS) is 11.0. The lowest BCUT2D eigenvalue weighted by Crippen LogP contribution is -1.97. The molecule has 13 heavy (non-hydrogen) atoms. The lowest BCUT2D eigenvalue weighted by molar-refractivity contribution is -0.424. The number of nitrogens with zero attached hydrogens (tertiary/aromatic N) is 1. The van der Waals surface area contributed by atoms with E-state index >= 15 is 0 Å². The molecule has 1 aromatic rings. The molecule has 4 nitrogen and oxygen atoms in total. The maximum atomic E-state index is 10.2. The number of nitro groups is 1. The van der Waals surface area contributed by atoms with Gasteiger partial charge >= 0.3 is 0 Å². The molecule has 0 unspecified atom stereocenters. The molecule has 0 fully saturated rings. The van der Waals surface area contributed by atoms with Gasteiger partial charge in [0.15, 0.2) is 0 Å². The second kappa shape index (κ2) is 4.25. The van der Waals surface area contributed by atoms with Crippen molar-refractivity contribution in [2.75, 3.05) is 5.32 Å². The Morgan fingerprint density at radius 3 is 2.62 bits per heavy atom. The molecular formula is C9H10N2O2. The second-order valence-electron chi connectivity index (χ2n) is 2.55. The molecule has 0 aliphatic heterocycles. The summed E-state index contributed by atoms with van der Waals surface area (Å²) in [4.78, 5) is 9.78. The van der Waals surface area contributed by atoms with Gasteiger partial charge in [-0.3, -0.25) is 10.1 Å². The van der Waals surface area contributed by atoms with Gasteiger partial charge in [-0.2, -0.15) is 0 Å². The van der Waals surface area contributed by atoms with Gasteiger partial charge in [-0.15, -0.1) is 0 Å². The van der Waals surface area contributed by atoms with Crippen LogP contribution >= 0.6 is 0 Å². The van der Waals surface area contributed by atoms with Crippen molar-refractivity contribution in [1.29, 1.82) is 0 Å². The number of hydrogen-bond donors (Lipinski definition) is 1. The van der Waals surface area contributed by atoms with Gasteiger partial charge in [-0.1, -0.05) is 18.2 Å². The predicted octanol–water partition coefficient (Wildman–Crippen LogP) is 2.24. The Bertz CT molecular complexity index is 320. The van der Waals surface area contributed by atoms with Crippen LogP contribution in [0.4, 0.5) is 5.69 Å². The Morgan fingerprint density at radius 2 is 2.08 bits per heavy atom. The van der Waals surface area contributed by atoms with Crippen molar-refractivity contribution in [2.45, 2.75) is 6.92 Å². The van der Waals surface area contributed by atoms with Crippen LogP contribution in [0.3, 0.4) is 0 Å². The van der Waals surface area contributed by atoms with Crippen molar-refractivity contribution in [3.63, 3.8) is 0 Å². The topological polar surface area (TPSA) is 55.2 Å². The molecule has 0 bridgehead atoms. The predicted molar refractivity (Wildman–Crippen MR) is 50.8 cm³/mol. The summed E-state index contributed by atoms with van der Waals surface area (Å²) in [6, 6.07) is 9.28. The van der Waals surface area contributed by atoms with Gasteiger partial charge in [0.05, 0.1) is 11.1 Å². The highest BCUT2D eigenvalue weighted by atomic mass is 16.6. The number of benzene rings is 1. The van der Waals surface area contributed by atoms with Crippen LogP contribution in [0.5, 0.6) is 0 Å². The van der Waals surface area contributed by atoms with E-state index in [0.29, 0.717) is 0 Å². The zero-order valence-corrected chi connectivity index (χ0v) is 7.23. The lowest BCUT2D eigenvalue weighted by Gasteiger charge is -1.98. The Hall–Kier alpha value is -1.84. The minimum Gasteiger partial charge on any atom is -0.356 e. The van der Waals surface area contributed by atoms with Gasteiger partial charge in [-0.25, -0.2) is 0 Å². The molecule has 1 N–H and O–H groups in total. The third kappa shape index (κ3) is 2.94. The summed E-state index contributed by atoms with van der Waals surface area (Å²) in [5.74, 6) is 0. The van der Waals surface area contributed by atoms with Crippen LogP contribution in [0.15, 0.2) is 42.2 Å². The van der Waals surface area contributed by atoms with Gasteiger partial charge in [0.1, 0.15) is 0 Å². The van der Waals surface area contributed by atoms with Gasteiger partial charge in [-0.05, 0) is 12.1 Å². The van der Waals surface area contributed by atoms with E-state index in [1.807, 2.05) is 30.3 Å². The summed E-state index contributed by atoms with van der Waals surface area (Å²) < 4.78 is 0. The third-order valence-electron chi connectivity index (χ3n) is 1.51. The van der Waals surface area contributed by atoms with Crippen LogP contribution in [-0.2, 0) is 0 Å². The summed E-state index contributed by atoms with van der Waals surface area (Å²) in [5.41, 5.74) is 0.924. The van der Waals surface area contributed by atoms with Crippen molar-refractivity contribution in [3.8, 4) is 0 Å². The number of hydrogen-bond acceptors (Lipinski definition) is 3. The first kappa shape index (κ1) is 9.25. The van der Waals surface area contributed by atoms with Crippen molar-refractivity contribution >= 4 is 5.69 Å². The molecule has 0 heterocycles. The lowest BCUT2D eigenvalue weighted by atomic mass is 10.3. The maximum absolute atomic E-state index is 10.2. The molecule has 0 atom stereocenters. The van der Waals surface area contributed by atoms with Crippen molar-refractivity contribution < 1.29 is 4.92 Å². The SMILES string of the molecule is C/C(=C\Nc1ccccc1)[N+](=O)[O-]. The van der Waals surface area contributed by atoms with E-state index in [4.69, 9.17) is 0 Å². The van der Waals surface area contributed by atoms with E-state index in [0.717, 1.165) is 5.69 Å². The minimum absolute atomic E-state index is 0.0869. The molecule has 1 aromatic carbocycles. The molecule has 0 saturated carbocycles. The van der Waals surface area contributed by atoms with Gasteiger partial charge < -0.3 is 5.32 Å². The van der Waals surface area contributed by atoms with Crippen molar-refractivity contribution in [2.24, 2.45) is 0 Å². The van der Waals surface area contributed by atoms with E-state index in [1.165, 1.54) is 13.1 Å². The van der Waals surface area contributed by atoms with Crippen LogP contribution in [-0.4, -0.2) is 4.92 Å². The number of nitrogens with one attached hydrogen (secondary N) is 1. The van der Waals surface area contributed by atoms with Gasteiger partial charge in [0.25, 0.3) is 5.70 Å². The first-order valence-corrected chi connectivity index (χ1v) is 3.83. The summed E-state index contributed by atoms with van der Waals surface area (Å²) in [6.07, 6.45) is 1.37. The molecule has 0 aromatic heterocycles. The minimum atomic E-state index is -0.435. The van der Waals surface area contributed by atoms with E-state index in [2.05, 4.69) is 5.32 Å². The highest BCUT2D eigenvalue weighted by Gasteiger charge is 1.99. The summed E-state index contributed by atoms with van der Waals surface area (Å²) >= 11 is 0. The number of anilines is 1. The molecule has 0 aliphatic rings. The fourth-order valence-corrected chi connectivity index (χ4v) is 0.775. The van der Waals surface area contributed by atoms with Gasteiger partial charge in [0, 0.05) is 12.6 Å². The Morgan fingerprint density at radius 1 is 1.46 bits per heavy atom. The quantitative estimate of drug-likeness (QED) is 0.570. The molecule has 0 amide bonds. The van der Waals surface area contributed by atoms with Crippen LogP contribution in [0, 0.1) is 10.1 Å². The zero-order valence-electron chi connectivity index (χ0n) is 7.23. The smallest absolute Gasteiger partial charge is 0.258 e. The molecule has 0 aliphatic carbocycles. The highest BCUT2D eigenvalue weighted by molar-refractivity contribution is 5.44. The maximum Gasteiger partial charge on any atom is 0.258 e. The average Bonchev–Trinajstić information content (AvgIpc) is 2.15. The largest absolute Gasteiger partial charge is 0.356 e. The first-order valence-electron chi connectivity index (χ1n) is 3.83. The fourth-order valence-electron chi connectivity index (χ4n) is 0.775. The fraction of sp³-hybridized carbons (Fsp3) is 0.111. The number of para-hydroxylation sites is 1. The second-order valence-corrected chi connectivity index (χ2v) is 2.55. The van der Waals surface area contributed by atoms with Crippen LogP contribution in [0.25, 0.3) is 0 Å². The average molecular weight is 178 g/mol. The molecular weight excluding hydrogens is 168 g/mol. The summed E-state index contributed by atoms with van der Waals surface area (Å²) in [6.45, 7) is 1.44. The number of allylic oxidation sites excluding steroid dienone is 1. The standard InChI is InChI=1S/C9H10N2O2/c1-8(11(12)13)7-10-9-5-3-2-4-6-9/h2-7,10H,1H3/b8-7+. The molecule has 4 heteroatoms. The summed E-state index contributed by atoms with van der Waals surface area (Å²) in [5, 5.41) is 13.0. The van der Waals surface area contributed by atoms with Crippen molar-refractivity contribution in [1.82, 2.24) is 0 Å². The molecule has 68 valence electrons. The first-order chi connectivity index (χ1) is 6.20. The molecule has 0 saturated heterocycles. The van der Waals surface area contributed by atoms with E-state index in [9.17, 15) is 10.1 Å². The number of rotatable bonds is 3. The van der Waals surface area contributed by atoms with Crippen LogP contribution in [0.1, 0.15) is 6.92 Å². The van der Waals surface area contributed by atoms with E-state index in [-0.39, 0.29) is 5.70 Å². The Balaban J connectivity index is 2.62. The molecule has 0 radical (unpaired) electrons. The van der Waals surface area contributed by atoms with Crippen molar-refractivity contribution in [3.05, 3.63) is 52.3 Å². The summed E-state index contributed by atoms with van der Waals surface area (Å²) in [7, 11) is 0. The Kier molecular flexibility index (Phi) is 3.03. The molecule has 1 rings (SSSR count). The Labute approximate surface area is 76.0 Å². The monoisotopic (exact) mass is 178 g/mol. The van der Waals surface area contributed by atoms with E-state index in [1.54, 1.807) is 0 Å². The van der Waals surface area contributed by atoms with E-state index < -0.39 is 4.92 Å². The van der Waals surface area contributed by atoms with Crippen LogP contribution in [0.2, 0.25) is 0 Å². The third-order valence-corrected chi connectivity index (χ3v) is 1.51. The zero-order chi connectivity index (χ0) is 9.68. The van der Waals surface area contributed by atoms with Crippen LogP contribution < -0.4 is 5.32 Å². The highest BCUT2D eigenvalue weighted by Crippen LogP contribution is 2.05. The van der Waals surface area contributed by atoms with Gasteiger partial charge in [0.2, 0.25) is 0 Å².